The Hall–Kier alpha value is -0.120. The lowest BCUT2D eigenvalue weighted by Crippen LogP contribution is -2.50. The Morgan fingerprint density at radius 2 is 2.09 bits per heavy atom. The number of hydrogen-bond donors (Lipinski definition) is 3. The normalized spacial score (nSPS) is 33.8. The molecular formula is C8H17NO2. The van der Waals surface area contributed by atoms with E-state index in [-0.39, 0.29) is 12.0 Å². The molecule has 11 heavy (non-hydrogen) atoms. The van der Waals surface area contributed by atoms with E-state index >= 15 is 0 Å². The molecule has 0 aromatic rings. The second-order valence-corrected chi connectivity index (χ2v) is 3.82. The molecular weight excluding hydrogens is 142 g/mol. The highest BCUT2D eigenvalue weighted by Gasteiger charge is 2.34. The monoisotopic (exact) mass is 159 g/mol. The Bertz CT molecular complexity index is 131. The van der Waals surface area contributed by atoms with Crippen LogP contribution < -0.4 is 5.32 Å². The van der Waals surface area contributed by atoms with Crippen LogP contribution in [0.4, 0.5) is 0 Å². The molecule has 0 amide bonds. The van der Waals surface area contributed by atoms with Crippen molar-refractivity contribution in [1.29, 1.82) is 0 Å². The van der Waals surface area contributed by atoms with Crippen molar-refractivity contribution < 1.29 is 10.2 Å². The maximum atomic E-state index is 9.61. The molecule has 0 saturated carbocycles. The van der Waals surface area contributed by atoms with Gasteiger partial charge in [0.05, 0.1) is 11.7 Å². The first-order chi connectivity index (χ1) is 5.02. The molecule has 1 aliphatic heterocycles. The highest BCUT2D eigenvalue weighted by Crippen LogP contribution is 2.23. The van der Waals surface area contributed by atoms with E-state index in [0.717, 1.165) is 13.0 Å². The molecule has 3 nitrogen and oxygen atoms in total. The molecule has 3 N–H and O–H groups in total. The molecule has 1 rings (SSSR count). The number of aliphatic hydroxyl groups is 2. The summed E-state index contributed by atoms with van der Waals surface area (Å²) in [6.07, 6.45) is 0.394. The highest BCUT2D eigenvalue weighted by molar-refractivity contribution is 4.87. The van der Waals surface area contributed by atoms with Crippen LogP contribution in [0.25, 0.3) is 0 Å². The third kappa shape index (κ3) is 2.15. The molecule has 66 valence electrons. The molecule has 1 saturated heterocycles. The van der Waals surface area contributed by atoms with Crippen LogP contribution in [0.1, 0.15) is 20.3 Å². The van der Waals surface area contributed by atoms with Crippen LogP contribution in [-0.4, -0.2) is 35.0 Å². The van der Waals surface area contributed by atoms with Crippen LogP contribution >= 0.6 is 0 Å². The van der Waals surface area contributed by atoms with E-state index in [1.54, 1.807) is 13.8 Å². The largest absolute Gasteiger partial charge is 0.393 e. The first-order valence-corrected chi connectivity index (χ1v) is 4.13. The van der Waals surface area contributed by atoms with Gasteiger partial charge in [-0.15, -0.1) is 0 Å². The first kappa shape index (κ1) is 8.97. The third-order valence-electron chi connectivity index (χ3n) is 2.35. The predicted molar refractivity (Wildman–Crippen MR) is 43.3 cm³/mol. The number of hydrogen-bond acceptors (Lipinski definition) is 3. The Morgan fingerprint density at radius 1 is 1.45 bits per heavy atom. The lowest BCUT2D eigenvalue weighted by Gasteiger charge is -2.36. The Kier molecular flexibility index (Phi) is 2.52. The van der Waals surface area contributed by atoms with E-state index in [1.807, 2.05) is 0 Å². The van der Waals surface area contributed by atoms with Gasteiger partial charge in [-0.05, 0) is 26.8 Å². The van der Waals surface area contributed by atoms with Gasteiger partial charge in [-0.25, -0.2) is 0 Å². The van der Waals surface area contributed by atoms with Crippen LogP contribution in [0.2, 0.25) is 0 Å². The summed E-state index contributed by atoms with van der Waals surface area (Å²) in [5, 5.41) is 22.3. The summed E-state index contributed by atoms with van der Waals surface area (Å²) in [5.74, 6) is -0.0313. The molecule has 2 atom stereocenters. The zero-order valence-electron chi connectivity index (χ0n) is 7.17. The van der Waals surface area contributed by atoms with E-state index in [2.05, 4.69) is 5.32 Å². The maximum Gasteiger partial charge on any atom is 0.0656 e. The first-order valence-electron chi connectivity index (χ1n) is 4.13. The average Bonchev–Trinajstić information content (AvgIpc) is 1.86. The minimum atomic E-state index is -0.771. The van der Waals surface area contributed by atoms with Gasteiger partial charge < -0.3 is 15.5 Å². The van der Waals surface area contributed by atoms with Crippen molar-refractivity contribution in [2.24, 2.45) is 5.92 Å². The molecule has 0 unspecified atom stereocenters. The van der Waals surface area contributed by atoms with Crippen LogP contribution in [0.5, 0.6) is 0 Å². The molecule has 0 aromatic heterocycles. The zero-order chi connectivity index (χ0) is 8.48. The number of rotatable bonds is 1. The van der Waals surface area contributed by atoms with E-state index in [4.69, 9.17) is 0 Å². The average molecular weight is 159 g/mol. The van der Waals surface area contributed by atoms with E-state index in [9.17, 15) is 10.2 Å². The topological polar surface area (TPSA) is 52.5 Å². The van der Waals surface area contributed by atoms with Crippen LogP contribution in [0.15, 0.2) is 0 Å². The summed E-state index contributed by atoms with van der Waals surface area (Å²) < 4.78 is 0. The zero-order valence-corrected chi connectivity index (χ0v) is 7.17. The van der Waals surface area contributed by atoms with E-state index in [1.165, 1.54) is 0 Å². The van der Waals surface area contributed by atoms with Crippen molar-refractivity contribution in [1.82, 2.24) is 5.32 Å². The fraction of sp³-hybridized carbons (Fsp3) is 1.00. The Morgan fingerprint density at radius 3 is 2.45 bits per heavy atom. The van der Waals surface area contributed by atoms with Gasteiger partial charge in [0.25, 0.3) is 0 Å². The number of piperidine rings is 1. The van der Waals surface area contributed by atoms with Gasteiger partial charge in [-0.3, -0.25) is 0 Å². The van der Waals surface area contributed by atoms with Crippen molar-refractivity contribution in [3.63, 3.8) is 0 Å². The van der Waals surface area contributed by atoms with Gasteiger partial charge in [0.15, 0.2) is 0 Å². The van der Waals surface area contributed by atoms with Crippen molar-refractivity contribution in [3.05, 3.63) is 0 Å². The van der Waals surface area contributed by atoms with E-state index < -0.39 is 5.60 Å². The summed E-state index contributed by atoms with van der Waals surface area (Å²) in [6.45, 7) is 5.06. The SMILES string of the molecule is CC(C)(O)[C@@H]1CNCC[C@H]1O. The minimum Gasteiger partial charge on any atom is -0.393 e. The van der Waals surface area contributed by atoms with Gasteiger partial charge in [-0.1, -0.05) is 0 Å². The van der Waals surface area contributed by atoms with Crippen molar-refractivity contribution >= 4 is 0 Å². The number of aliphatic hydroxyl groups excluding tert-OH is 1. The summed E-state index contributed by atoms with van der Waals surface area (Å²) >= 11 is 0. The van der Waals surface area contributed by atoms with Gasteiger partial charge >= 0.3 is 0 Å². The molecule has 0 bridgehead atoms. The van der Waals surface area contributed by atoms with Crippen LogP contribution in [0.3, 0.4) is 0 Å². The predicted octanol–water partition coefficient (Wildman–Crippen LogP) is -0.272. The summed E-state index contributed by atoms with van der Waals surface area (Å²) in [5.41, 5.74) is -0.771. The third-order valence-corrected chi connectivity index (χ3v) is 2.35. The van der Waals surface area contributed by atoms with Gasteiger partial charge in [-0.2, -0.15) is 0 Å². The molecule has 1 aliphatic rings. The maximum absolute atomic E-state index is 9.61. The van der Waals surface area contributed by atoms with Crippen molar-refractivity contribution in [2.45, 2.75) is 32.0 Å². The lowest BCUT2D eigenvalue weighted by molar-refractivity contribution is -0.0575. The fourth-order valence-corrected chi connectivity index (χ4v) is 1.57. The van der Waals surface area contributed by atoms with Crippen LogP contribution in [0, 0.1) is 5.92 Å². The Labute approximate surface area is 67.4 Å². The summed E-state index contributed by atoms with van der Waals surface area (Å²) in [4.78, 5) is 0. The molecule has 0 radical (unpaired) electrons. The summed E-state index contributed by atoms with van der Waals surface area (Å²) in [7, 11) is 0. The fourth-order valence-electron chi connectivity index (χ4n) is 1.57. The molecule has 3 heteroatoms. The second-order valence-electron chi connectivity index (χ2n) is 3.82. The van der Waals surface area contributed by atoms with E-state index in [0.29, 0.717) is 6.54 Å². The van der Waals surface area contributed by atoms with Crippen molar-refractivity contribution in [3.8, 4) is 0 Å². The molecule has 0 spiro atoms. The molecule has 1 heterocycles. The lowest BCUT2D eigenvalue weighted by atomic mass is 9.83. The minimum absolute atomic E-state index is 0.0313. The number of nitrogens with one attached hydrogen (secondary N) is 1. The van der Waals surface area contributed by atoms with Crippen molar-refractivity contribution in [2.75, 3.05) is 13.1 Å². The summed E-state index contributed by atoms with van der Waals surface area (Å²) in [6, 6.07) is 0. The van der Waals surface area contributed by atoms with Gasteiger partial charge in [0, 0.05) is 12.5 Å². The molecule has 0 aliphatic carbocycles. The van der Waals surface area contributed by atoms with Gasteiger partial charge in [0.1, 0.15) is 0 Å². The highest BCUT2D eigenvalue weighted by atomic mass is 16.3. The smallest absolute Gasteiger partial charge is 0.0656 e. The standard InChI is InChI=1S/C8H17NO2/c1-8(2,11)6-5-9-4-3-7(6)10/h6-7,9-11H,3-5H2,1-2H3/t6-,7-/m1/s1. The molecule has 0 aromatic carbocycles. The van der Waals surface area contributed by atoms with Gasteiger partial charge in [0.2, 0.25) is 0 Å². The molecule has 1 fully saturated rings. The Balaban J connectivity index is 2.55. The second kappa shape index (κ2) is 3.09. The van der Waals surface area contributed by atoms with Crippen LogP contribution in [-0.2, 0) is 0 Å². The quantitative estimate of drug-likeness (QED) is 0.493.